The molecular formula is C64H104O6. The minimum Gasteiger partial charge on any atom is -0.462 e. The van der Waals surface area contributed by atoms with Crippen LogP contribution in [-0.4, -0.2) is 37.2 Å². The van der Waals surface area contributed by atoms with E-state index in [1.807, 2.05) is 0 Å². The Kier molecular flexibility index (Phi) is 54.0. The first kappa shape index (κ1) is 65.8. The summed E-state index contributed by atoms with van der Waals surface area (Å²) in [6, 6.07) is 0. The van der Waals surface area contributed by atoms with Crippen molar-refractivity contribution in [3.05, 3.63) is 122 Å². The summed E-state index contributed by atoms with van der Waals surface area (Å²) < 4.78 is 16.8. The Bertz CT molecular complexity index is 1490. The molecule has 0 aliphatic rings. The summed E-state index contributed by atoms with van der Waals surface area (Å²) in [7, 11) is 0. The van der Waals surface area contributed by atoms with Gasteiger partial charge in [-0.05, 0) is 103 Å². The van der Waals surface area contributed by atoms with E-state index in [1.165, 1.54) is 70.6 Å². The molecule has 1 atom stereocenters. The van der Waals surface area contributed by atoms with Crippen molar-refractivity contribution in [2.45, 2.75) is 252 Å². The van der Waals surface area contributed by atoms with Gasteiger partial charge in [-0.1, -0.05) is 245 Å². The van der Waals surface area contributed by atoms with E-state index in [9.17, 15) is 14.4 Å². The molecule has 0 heterocycles. The van der Waals surface area contributed by atoms with Crippen molar-refractivity contribution in [3.63, 3.8) is 0 Å². The average molecular weight is 970 g/mol. The Morgan fingerprint density at radius 3 is 1.03 bits per heavy atom. The van der Waals surface area contributed by atoms with Gasteiger partial charge in [-0.3, -0.25) is 14.4 Å². The lowest BCUT2D eigenvalue weighted by molar-refractivity contribution is -0.167. The van der Waals surface area contributed by atoms with Gasteiger partial charge in [-0.15, -0.1) is 0 Å². The number of hydrogen-bond donors (Lipinski definition) is 0. The normalized spacial score (nSPS) is 13.0. The zero-order valence-electron chi connectivity index (χ0n) is 45.2. The van der Waals surface area contributed by atoms with Crippen LogP contribution in [0.5, 0.6) is 0 Å². The molecule has 0 N–H and O–H groups in total. The Hall–Kier alpha value is -4.19. The Morgan fingerprint density at radius 2 is 0.629 bits per heavy atom. The van der Waals surface area contributed by atoms with Crippen molar-refractivity contribution in [2.24, 2.45) is 0 Å². The Morgan fingerprint density at radius 1 is 0.314 bits per heavy atom. The van der Waals surface area contributed by atoms with Gasteiger partial charge < -0.3 is 14.2 Å². The number of allylic oxidation sites excluding steroid dienone is 20. The van der Waals surface area contributed by atoms with Gasteiger partial charge in [0.1, 0.15) is 13.2 Å². The van der Waals surface area contributed by atoms with Crippen molar-refractivity contribution in [3.8, 4) is 0 Å². The second kappa shape index (κ2) is 57.4. The number of ether oxygens (including phenoxy) is 3. The standard InChI is InChI=1S/C64H104O6/c1-4-7-10-13-16-19-22-25-28-30-32-34-36-39-42-45-48-51-54-57-63(66)69-60-61(59-68-62(65)56-53-50-47-44-41-38-35-27-24-21-18-15-12-9-6-3)70-64(67)58-55-52-49-46-43-40-37-33-31-29-26-23-20-17-14-11-8-5-2/h7,9-10,12,15-16,18-19,21,23-26,28-29,31-34,37,61H,4-6,8,11,13-14,17,20,22,27,30,35-36,38-60H2,1-3H3/b10-7-,12-9-,18-15-,19-16-,24-21-,26-23-,28-25-,31-29-,34-32-,37-33-. The van der Waals surface area contributed by atoms with Gasteiger partial charge in [0.15, 0.2) is 6.10 Å². The van der Waals surface area contributed by atoms with Gasteiger partial charge in [-0.25, -0.2) is 0 Å². The number of hydrogen-bond acceptors (Lipinski definition) is 6. The van der Waals surface area contributed by atoms with Gasteiger partial charge >= 0.3 is 17.9 Å². The van der Waals surface area contributed by atoms with E-state index in [4.69, 9.17) is 14.2 Å². The first-order valence-corrected chi connectivity index (χ1v) is 28.6. The minimum atomic E-state index is -0.804. The smallest absolute Gasteiger partial charge is 0.306 e. The van der Waals surface area contributed by atoms with Crippen molar-refractivity contribution < 1.29 is 28.6 Å². The molecular weight excluding hydrogens is 865 g/mol. The van der Waals surface area contributed by atoms with Crippen molar-refractivity contribution in [1.82, 2.24) is 0 Å². The summed E-state index contributed by atoms with van der Waals surface area (Å²) in [5.74, 6) is -0.947. The van der Waals surface area contributed by atoms with Crippen LogP contribution in [0.2, 0.25) is 0 Å². The quantitative estimate of drug-likeness (QED) is 0.0199. The number of unbranched alkanes of at least 4 members (excludes halogenated alkanes) is 23. The third-order valence-corrected chi connectivity index (χ3v) is 11.8. The molecule has 0 spiro atoms. The second-order valence-electron chi connectivity index (χ2n) is 18.6. The largest absolute Gasteiger partial charge is 0.462 e. The first-order valence-electron chi connectivity index (χ1n) is 28.6. The van der Waals surface area contributed by atoms with Crippen LogP contribution in [0.15, 0.2) is 122 Å². The van der Waals surface area contributed by atoms with E-state index >= 15 is 0 Å². The zero-order chi connectivity index (χ0) is 50.7. The number of carbonyl (C=O) groups is 3. The van der Waals surface area contributed by atoms with Gasteiger partial charge in [0.2, 0.25) is 0 Å². The summed E-state index contributed by atoms with van der Waals surface area (Å²) >= 11 is 0. The molecule has 0 aromatic carbocycles. The van der Waals surface area contributed by atoms with Gasteiger partial charge in [0.05, 0.1) is 0 Å². The molecule has 0 aliphatic carbocycles. The molecule has 0 saturated carbocycles. The highest BCUT2D eigenvalue weighted by Gasteiger charge is 2.19. The molecule has 0 fully saturated rings. The van der Waals surface area contributed by atoms with Crippen LogP contribution >= 0.6 is 0 Å². The summed E-state index contributed by atoms with van der Waals surface area (Å²) in [5.41, 5.74) is 0. The van der Waals surface area contributed by atoms with Crippen LogP contribution in [0, 0.1) is 0 Å². The van der Waals surface area contributed by atoms with Crippen molar-refractivity contribution in [1.29, 1.82) is 0 Å². The predicted molar refractivity (Wildman–Crippen MR) is 302 cm³/mol. The lowest BCUT2D eigenvalue weighted by Gasteiger charge is -2.18. The molecule has 396 valence electrons. The molecule has 6 nitrogen and oxygen atoms in total. The lowest BCUT2D eigenvalue weighted by Crippen LogP contribution is -2.30. The maximum Gasteiger partial charge on any atom is 0.306 e. The summed E-state index contributed by atoms with van der Waals surface area (Å²) in [6.07, 6.45) is 78.9. The van der Waals surface area contributed by atoms with E-state index < -0.39 is 6.10 Å². The highest BCUT2D eigenvalue weighted by molar-refractivity contribution is 5.71. The third kappa shape index (κ3) is 54.7. The van der Waals surface area contributed by atoms with Crippen LogP contribution in [0.1, 0.15) is 245 Å². The van der Waals surface area contributed by atoms with Crippen LogP contribution < -0.4 is 0 Å². The van der Waals surface area contributed by atoms with Crippen molar-refractivity contribution in [2.75, 3.05) is 13.2 Å². The van der Waals surface area contributed by atoms with E-state index in [1.54, 1.807) is 0 Å². The summed E-state index contributed by atoms with van der Waals surface area (Å²) in [5, 5.41) is 0. The van der Waals surface area contributed by atoms with Crippen molar-refractivity contribution >= 4 is 17.9 Å². The molecule has 0 rings (SSSR count). The molecule has 0 saturated heterocycles. The van der Waals surface area contributed by atoms with E-state index in [0.717, 1.165) is 135 Å². The lowest BCUT2D eigenvalue weighted by atomic mass is 10.1. The fraction of sp³-hybridized carbons (Fsp3) is 0.641. The molecule has 70 heavy (non-hydrogen) atoms. The fourth-order valence-corrected chi connectivity index (χ4v) is 7.55. The molecule has 0 amide bonds. The first-order chi connectivity index (χ1) is 34.5. The summed E-state index contributed by atoms with van der Waals surface area (Å²) in [6.45, 7) is 6.34. The Balaban J connectivity index is 4.49. The van der Waals surface area contributed by atoms with Gasteiger partial charge in [0.25, 0.3) is 0 Å². The SMILES string of the molecule is CC\C=C/C=C\C=C/CCCCCCCCCC(=O)OCC(COC(=O)CCCCCCCC/C=C\C/C=C\C/C=C\C/C=C\CC)OC(=O)CCCCCCC\C=C/C=C\C=C/CCCCCCC. The maximum atomic E-state index is 12.9. The van der Waals surface area contributed by atoms with Crippen LogP contribution in [0.4, 0.5) is 0 Å². The second-order valence-corrected chi connectivity index (χ2v) is 18.6. The molecule has 1 unspecified atom stereocenters. The molecule has 0 aliphatic heterocycles. The van der Waals surface area contributed by atoms with E-state index in [2.05, 4.69) is 142 Å². The molecule has 0 aromatic heterocycles. The maximum absolute atomic E-state index is 12.9. The number of carbonyl (C=O) groups excluding carboxylic acids is 3. The topological polar surface area (TPSA) is 78.9 Å². The molecule has 0 bridgehead atoms. The van der Waals surface area contributed by atoms with Gasteiger partial charge in [0, 0.05) is 19.3 Å². The highest BCUT2D eigenvalue weighted by Crippen LogP contribution is 2.14. The fourth-order valence-electron chi connectivity index (χ4n) is 7.55. The van der Waals surface area contributed by atoms with Crippen LogP contribution in [-0.2, 0) is 28.6 Å². The van der Waals surface area contributed by atoms with Crippen LogP contribution in [0.3, 0.4) is 0 Å². The minimum absolute atomic E-state index is 0.101. The monoisotopic (exact) mass is 969 g/mol. The third-order valence-electron chi connectivity index (χ3n) is 11.8. The predicted octanol–water partition coefficient (Wildman–Crippen LogP) is 19.3. The number of rotatable bonds is 50. The van der Waals surface area contributed by atoms with E-state index in [-0.39, 0.29) is 31.1 Å². The number of esters is 3. The zero-order valence-corrected chi connectivity index (χ0v) is 45.2. The molecule has 0 aromatic rings. The molecule has 0 radical (unpaired) electrons. The molecule has 6 heteroatoms. The van der Waals surface area contributed by atoms with E-state index in [0.29, 0.717) is 19.3 Å². The Labute approximate surface area is 431 Å². The summed E-state index contributed by atoms with van der Waals surface area (Å²) in [4.78, 5) is 38.2. The average Bonchev–Trinajstić information content (AvgIpc) is 3.36. The highest BCUT2D eigenvalue weighted by atomic mass is 16.6. The van der Waals surface area contributed by atoms with Gasteiger partial charge in [-0.2, -0.15) is 0 Å². The van der Waals surface area contributed by atoms with Crippen LogP contribution in [0.25, 0.3) is 0 Å².